The third-order valence-corrected chi connectivity index (χ3v) is 6.03. The lowest BCUT2D eigenvalue weighted by atomic mass is 10.1. The Morgan fingerprint density at radius 2 is 2.04 bits per heavy atom. The van der Waals surface area contributed by atoms with Crippen molar-refractivity contribution in [1.29, 1.82) is 0 Å². The molecule has 1 aromatic heterocycles. The first-order chi connectivity index (χ1) is 13.5. The molecule has 140 valence electrons. The third-order valence-electron chi connectivity index (χ3n) is 4.68. The Kier molecular flexibility index (Phi) is 3.85. The Labute approximate surface area is 166 Å². The van der Waals surface area contributed by atoms with Crippen LogP contribution in [0.1, 0.15) is 5.56 Å². The second-order valence-electron chi connectivity index (χ2n) is 6.43. The minimum Gasteiger partial charge on any atom is -0.333 e. The minimum absolute atomic E-state index is 0.231. The lowest BCUT2D eigenvalue weighted by Gasteiger charge is -2.25. The van der Waals surface area contributed by atoms with Crippen LogP contribution in [0.4, 0.5) is 15.8 Å². The summed E-state index contributed by atoms with van der Waals surface area (Å²) in [6.07, 6.45) is 0. The van der Waals surface area contributed by atoms with Gasteiger partial charge in [0, 0.05) is 22.0 Å². The zero-order chi connectivity index (χ0) is 19.4. The van der Waals surface area contributed by atoms with Crippen LogP contribution in [0.2, 0.25) is 5.02 Å². The Bertz CT molecular complexity index is 1330. The van der Waals surface area contributed by atoms with Crippen LogP contribution in [0.15, 0.2) is 52.3 Å². The van der Waals surface area contributed by atoms with Crippen LogP contribution >= 0.6 is 22.9 Å². The summed E-state index contributed by atoms with van der Waals surface area (Å²) in [7, 11) is 0. The average Bonchev–Trinajstić information content (AvgIpc) is 3.17. The monoisotopic (exact) mass is 414 g/mol. The predicted molar refractivity (Wildman–Crippen MR) is 106 cm³/mol. The van der Waals surface area contributed by atoms with E-state index < -0.39 is 0 Å². The minimum atomic E-state index is -0.353. The molecule has 0 radical (unpaired) electrons. The van der Waals surface area contributed by atoms with Crippen LogP contribution in [-0.2, 0) is 11.5 Å². The zero-order valence-corrected chi connectivity index (χ0v) is 15.9. The van der Waals surface area contributed by atoms with E-state index in [1.54, 1.807) is 35.2 Å². The maximum absolute atomic E-state index is 13.5. The molecule has 3 heterocycles. The standard InChI is InChI=1S/C19H12ClFN4O2S/c20-10-4-5-14-13(6-10)15(17(26)23-14)16-18(27)25-9-24(8-22-19(25)28-16)12-3-1-2-11(21)7-12/h1-7H,8-9H2,(H,23,26). The molecule has 0 saturated carbocycles. The molecule has 2 aliphatic rings. The van der Waals surface area contributed by atoms with Crippen molar-refractivity contribution in [1.82, 2.24) is 4.57 Å². The van der Waals surface area contributed by atoms with Crippen molar-refractivity contribution in [3.05, 3.63) is 78.6 Å². The molecule has 0 atom stereocenters. The van der Waals surface area contributed by atoms with Crippen molar-refractivity contribution in [3.8, 4) is 0 Å². The Morgan fingerprint density at radius 1 is 1.18 bits per heavy atom. The van der Waals surface area contributed by atoms with Gasteiger partial charge in [-0.25, -0.2) is 9.38 Å². The van der Waals surface area contributed by atoms with Crippen LogP contribution in [0.3, 0.4) is 0 Å². The molecular weight excluding hydrogens is 403 g/mol. The van der Waals surface area contributed by atoms with Crippen molar-refractivity contribution in [2.24, 2.45) is 4.99 Å². The maximum atomic E-state index is 13.5. The van der Waals surface area contributed by atoms with Crippen molar-refractivity contribution < 1.29 is 9.18 Å². The molecule has 0 bridgehead atoms. The highest BCUT2D eigenvalue weighted by molar-refractivity contribution is 7.07. The third kappa shape index (κ3) is 2.64. The molecule has 5 rings (SSSR count). The number of rotatable bonds is 1. The van der Waals surface area contributed by atoms with Gasteiger partial charge in [0.25, 0.3) is 11.5 Å². The lowest BCUT2D eigenvalue weighted by Crippen LogP contribution is -2.43. The van der Waals surface area contributed by atoms with E-state index in [0.717, 1.165) is 0 Å². The van der Waals surface area contributed by atoms with Gasteiger partial charge in [0.05, 0.1) is 5.57 Å². The highest BCUT2D eigenvalue weighted by atomic mass is 35.5. The fourth-order valence-corrected chi connectivity index (χ4v) is 4.59. The number of carbonyl (C=O) groups excluding carboxylic acids is 1. The number of amides is 1. The van der Waals surface area contributed by atoms with E-state index in [-0.39, 0.29) is 24.0 Å². The molecule has 2 aromatic carbocycles. The number of thiazole rings is 1. The average molecular weight is 415 g/mol. The summed E-state index contributed by atoms with van der Waals surface area (Å²) < 4.78 is 15.4. The van der Waals surface area contributed by atoms with Gasteiger partial charge in [0.2, 0.25) is 0 Å². The summed E-state index contributed by atoms with van der Waals surface area (Å²) in [4.78, 5) is 32.3. The van der Waals surface area contributed by atoms with Crippen LogP contribution in [0, 0.1) is 5.82 Å². The number of benzene rings is 2. The van der Waals surface area contributed by atoms with Gasteiger partial charge in [-0.2, -0.15) is 0 Å². The molecule has 0 spiro atoms. The normalized spacial score (nSPS) is 17.1. The van der Waals surface area contributed by atoms with E-state index in [1.807, 2.05) is 0 Å². The topological polar surface area (TPSA) is 66.7 Å². The largest absolute Gasteiger partial charge is 0.333 e. The number of carbonyl (C=O) groups is 1. The molecule has 0 saturated heterocycles. The molecule has 1 amide bonds. The number of anilines is 2. The number of aromatic nitrogens is 1. The summed E-state index contributed by atoms with van der Waals surface area (Å²) in [5, 5.41) is 3.25. The van der Waals surface area contributed by atoms with Crippen molar-refractivity contribution in [2.45, 2.75) is 6.67 Å². The van der Waals surface area contributed by atoms with E-state index in [0.29, 0.717) is 43.5 Å². The van der Waals surface area contributed by atoms with Gasteiger partial charge in [-0.1, -0.05) is 29.0 Å². The number of nitrogens with zero attached hydrogens (tertiary/aromatic N) is 3. The van der Waals surface area contributed by atoms with Crippen molar-refractivity contribution in [3.63, 3.8) is 0 Å². The Hall–Kier alpha value is -2.97. The van der Waals surface area contributed by atoms with Crippen molar-refractivity contribution >= 4 is 45.8 Å². The highest BCUT2D eigenvalue weighted by Crippen LogP contribution is 2.32. The van der Waals surface area contributed by atoms with E-state index in [9.17, 15) is 14.0 Å². The first kappa shape index (κ1) is 17.2. The molecule has 0 aliphatic carbocycles. The summed E-state index contributed by atoms with van der Waals surface area (Å²) in [5.74, 6) is -0.691. The summed E-state index contributed by atoms with van der Waals surface area (Å²) in [5.41, 5.74) is 1.87. The molecule has 1 N–H and O–H groups in total. The van der Waals surface area contributed by atoms with E-state index in [2.05, 4.69) is 10.3 Å². The highest BCUT2D eigenvalue weighted by Gasteiger charge is 2.28. The number of hydrogen-bond acceptors (Lipinski definition) is 5. The fraction of sp³-hybridized carbons (Fsp3) is 0.105. The SMILES string of the molecule is O=C1Nc2ccc(Cl)cc2C1=c1sc2n(c1=O)CN(c1cccc(F)c1)CN=2. The molecular formula is C19H12ClFN4O2S. The molecule has 6 nitrogen and oxygen atoms in total. The number of nitrogens with one attached hydrogen (secondary N) is 1. The van der Waals surface area contributed by atoms with Crippen LogP contribution in [-0.4, -0.2) is 17.1 Å². The van der Waals surface area contributed by atoms with Gasteiger partial charge >= 0.3 is 0 Å². The second-order valence-corrected chi connectivity index (χ2v) is 7.84. The van der Waals surface area contributed by atoms with Crippen LogP contribution < -0.4 is 25.1 Å². The summed E-state index contributed by atoms with van der Waals surface area (Å²) in [6, 6.07) is 11.2. The van der Waals surface area contributed by atoms with Crippen LogP contribution in [0.5, 0.6) is 0 Å². The molecule has 28 heavy (non-hydrogen) atoms. The van der Waals surface area contributed by atoms with Gasteiger partial charge in [0.15, 0.2) is 4.80 Å². The molecule has 2 aliphatic heterocycles. The predicted octanol–water partition coefficient (Wildman–Crippen LogP) is 1.91. The number of halogens is 2. The van der Waals surface area contributed by atoms with Gasteiger partial charge in [-0.05, 0) is 36.4 Å². The van der Waals surface area contributed by atoms with E-state index in [4.69, 9.17) is 11.6 Å². The van der Waals surface area contributed by atoms with Gasteiger partial charge in [-0.15, -0.1) is 0 Å². The first-order valence-corrected chi connectivity index (χ1v) is 9.61. The van der Waals surface area contributed by atoms with Gasteiger partial charge in [-0.3, -0.25) is 14.2 Å². The Balaban J connectivity index is 1.66. The number of fused-ring (bicyclic) bond motifs is 2. The second kappa shape index (κ2) is 6.29. The van der Waals surface area contributed by atoms with Gasteiger partial charge in [0.1, 0.15) is 23.7 Å². The summed E-state index contributed by atoms with van der Waals surface area (Å²) in [6.45, 7) is 0.529. The van der Waals surface area contributed by atoms with Crippen molar-refractivity contribution in [2.75, 3.05) is 16.9 Å². The molecule has 0 unspecified atom stereocenters. The van der Waals surface area contributed by atoms with E-state index in [1.165, 1.54) is 28.0 Å². The molecule has 0 fully saturated rings. The Morgan fingerprint density at radius 3 is 2.86 bits per heavy atom. The molecule has 9 heteroatoms. The summed E-state index contributed by atoms with van der Waals surface area (Å²) >= 11 is 7.25. The quantitative estimate of drug-likeness (QED) is 0.661. The number of hydrogen-bond donors (Lipinski definition) is 1. The maximum Gasteiger partial charge on any atom is 0.272 e. The smallest absolute Gasteiger partial charge is 0.272 e. The molecule has 3 aromatic rings. The lowest BCUT2D eigenvalue weighted by molar-refractivity contribution is -0.110. The first-order valence-electron chi connectivity index (χ1n) is 8.41. The van der Waals surface area contributed by atoms with Crippen LogP contribution in [0.25, 0.3) is 5.57 Å². The zero-order valence-electron chi connectivity index (χ0n) is 14.3. The fourth-order valence-electron chi connectivity index (χ4n) is 3.36. The van der Waals surface area contributed by atoms with E-state index >= 15 is 0 Å². The van der Waals surface area contributed by atoms with Gasteiger partial charge < -0.3 is 10.2 Å².